The third-order valence-corrected chi connectivity index (χ3v) is 8.61. The van der Waals surface area contributed by atoms with Crippen molar-refractivity contribution in [1.82, 2.24) is 0 Å². The molecule has 296 valence electrons. The average molecular weight is 787 g/mol. The topological polar surface area (TPSA) is 272 Å². The second kappa shape index (κ2) is 16.7. The van der Waals surface area contributed by atoms with E-state index in [2.05, 4.69) is 0 Å². The van der Waals surface area contributed by atoms with Gasteiger partial charge in [-0.15, -0.1) is 0 Å². The summed E-state index contributed by atoms with van der Waals surface area (Å²) in [6.45, 7) is -0.675. The van der Waals surface area contributed by atoms with Crippen LogP contribution in [-0.4, -0.2) is 97.2 Å². The Kier molecular flexibility index (Phi) is 11.5. The number of ether oxygens (including phenoxy) is 5. The van der Waals surface area contributed by atoms with Crippen molar-refractivity contribution in [2.45, 2.75) is 30.7 Å². The highest BCUT2D eigenvalue weighted by Crippen LogP contribution is 2.36. The molecule has 5 aromatic rings. The van der Waals surface area contributed by atoms with E-state index in [1.165, 1.54) is 73.9 Å². The van der Waals surface area contributed by atoms with Gasteiger partial charge in [0, 0.05) is 35.9 Å². The molecule has 0 bridgehead atoms. The number of fused-ring (bicyclic) bond motifs is 1. The van der Waals surface area contributed by atoms with Crippen LogP contribution >= 0.6 is 0 Å². The minimum absolute atomic E-state index is 0.0279. The zero-order valence-corrected chi connectivity index (χ0v) is 29.6. The van der Waals surface area contributed by atoms with Gasteiger partial charge >= 0.3 is 11.9 Å². The first-order valence-corrected chi connectivity index (χ1v) is 16.8. The molecule has 0 amide bonds. The summed E-state index contributed by atoms with van der Waals surface area (Å²) < 4.78 is 33.3. The van der Waals surface area contributed by atoms with Crippen LogP contribution in [0.2, 0.25) is 0 Å². The third-order valence-electron chi connectivity index (χ3n) is 8.61. The second-order valence-electron chi connectivity index (χ2n) is 12.5. The molecule has 1 fully saturated rings. The zero-order valence-electron chi connectivity index (χ0n) is 29.6. The van der Waals surface area contributed by atoms with Gasteiger partial charge in [0.25, 0.3) is 0 Å². The van der Waals surface area contributed by atoms with Crippen molar-refractivity contribution in [2.24, 2.45) is 0 Å². The number of aromatic hydroxyl groups is 6. The molecule has 0 spiro atoms. The van der Waals surface area contributed by atoms with E-state index < -0.39 is 77.7 Å². The minimum Gasteiger partial charge on any atom is -0.507 e. The number of methoxy groups -OCH3 is 1. The fourth-order valence-corrected chi connectivity index (χ4v) is 5.70. The molecule has 1 aliphatic rings. The Morgan fingerprint density at radius 2 is 1.35 bits per heavy atom. The number of phenols is 6. The van der Waals surface area contributed by atoms with Crippen LogP contribution in [0.3, 0.4) is 0 Å². The molecule has 0 saturated carbocycles. The Labute approximate surface area is 321 Å². The molecule has 1 aliphatic heterocycles. The monoisotopic (exact) mass is 786 g/mol. The Morgan fingerprint density at radius 1 is 0.719 bits per heavy atom. The van der Waals surface area contributed by atoms with Crippen molar-refractivity contribution in [3.05, 3.63) is 106 Å². The number of esters is 2. The van der Waals surface area contributed by atoms with E-state index >= 15 is 0 Å². The first-order valence-electron chi connectivity index (χ1n) is 16.8. The van der Waals surface area contributed by atoms with Gasteiger partial charge in [-0.3, -0.25) is 4.79 Å². The molecule has 8 N–H and O–H groups in total. The number of carbonyl (C=O) groups excluding carboxylic acids is 2. The molecule has 17 nitrogen and oxygen atoms in total. The van der Waals surface area contributed by atoms with Crippen molar-refractivity contribution >= 4 is 35.1 Å². The summed E-state index contributed by atoms with van der Waals surface area (Å²) in [5.74, 6) is -4.50. The highest BCUT2D eigenvalue weighted by atomic mass is 16.7. The summed E-state index contributed by atoms with van der Waals surface area (Å²) in [5.41, 5.74) is 0.147. The summed E-state index contributed by atoms with van der Waals surface area (Å²) in [4.78, 5) is 38.6. The molecule has 2 heterocycles. The van der Waals surface area contributed by atoms with Crippen molar-refractivity contribution in [3.63, 3.8) is 0 Å². The molecule has 6 rings (SSSR count). The number of hydrogen-bond acceptors (Lipinski definition) is 17. The number of benzene rings is 4. The van der Waals surface area contributed by atoms with E-state index in [1.54, 1.807) is 0 Å². The van der Waals surface area contributed by atoms with Gasteiger partial charge in [0.15, 0.2) is 52.1 Å². The van der Waals surface area contributed by atoms with Crippen LogP contribution in [0, 0.1) is 0 Å². The molecular formula is C40H34O17. The van der Waals surface area contributed by atoms with E-state index in [0.29, 0.717) is 11.1 Å². The highest BCUT2D eigenvalue weighted by Gasteiger charge is 2.48. The Balaban J connectivity index is 1.26. The second-order valence-corrected chi connectivity index (χ2v) is 12.5. The predicted octanol–water partition coefficient (Wildman–Crippen LogP) is 3.41. The largest absolute Gasteiger partial charge is 0.507 e. The van der Waals surface area contributed by atoms with Crippen LogP contribution in [-0.2, 0) is 23.8 Å². The van der Waals surface area contributed by atoms with Crippen LogP contribution < -0.4 is 14.9 Å². The van der Waals surface area contributed by atoms with Gasteiger partial charge in [0.05, 0.1) is 7.11 Å². The minimum atomic E-state index is -1.93. The molecule has 4 aromatic carbocycles. The molecular weight excluding hydrogens is 752 g/mol. The summed E-state index contributed by atoms with van der Waals surface area (Å²) in [7, 11) is 1.34. The lowest BCUT2D eigenvalue weighted by Crippen LogP contribution is -2.61. The number of carbonyl (C=O) groups is 2. The van der Waals surface area contributed by atoms with Gasteiger partial charge in [-0.1, -0.05) is 12.1 Å². The van der Waals surface area contributed by atoms with Crippen LogP contribution in [0.25, 0.3) is 34.4 Å². The maximum Gasteiger partial charge on any atom is 0.331 e. The molecule has 0 aliphatic carbocycles. The lowest BCUT2D eigenvalue weighted by Gasteiger charge is -2.41. The van der Waals surface area contributed by atoms with Crippen LogP contribution in [0.1, 0.15) is 11.1 Å². The number of rotatable bonds is 11. The third kappa shape index (κ3) is 9.03. The van der Waals surface area contributed by atoms with Crippen molar-refractivity contribution in [3.8, 4) is 57.3 Å². The van der Waals surface area contributed by atoms with Gasteiger partial charge in [-0.25, -0.2) is 9.59 Å². The van der Waals surface area contributed by atoms with Gasteiger partial charge in [0.1, 0.15) is 47.0 Å². The number of phenolic OH excluding ortho intramolecular Hbond substituents is 6. The fourth-order valence-electron chi connectivity index (χ4n) is 5.70. The number of hydrogen-bond donors (Lipinski definition) is 8. The molecule has 0 radical (unpaired) electrons. The molecule has 17 heteroatoms. The van der Waals surface area contributed by atoms with E-state index in [-0.39, 0.29) is 45.3 Å². The van der Waals surface area contributed by atoms with Crippen LogP contribution in [0.4, 0.5) is 0 Å². The Hall–Kier alpha value is -7.21. The molecule has 1 aromatic heterocycles. The lowest BCUT2D eigenvalue weighted by atomic mass is 9.99. The number of aliphatic hydroxyl groups excluding tert-OH is 2. The number of aliphatic hydroxyl groups is 2. The summed E-state index contributed by atoms with van der Waals surface area (Å²) >= 11 is 0. The smallest absolute Gasteiger partial charge is 0.331 e. The first-order chi connectivity index (χ1) is 27.2. The lowest BCUT2D eigenvalue weighted by molar-refractivity contribution is -0.281. The van der Waals surface area contributed by atoms with Gasteiger partial charge in [0.2, 0.25) is 6.29 Å². The van der Waals surface area contributed by atoms with Crippen molar-refractivity contribution in [1.29, 1.82) is 0 Å². The Morgan fingerprint density at radius 3 is 1.98 bits per heavy atom. The Bertz CT molecular complexity index is 2430. The molecule has 5 atom stereocenters. The van der Waals surface area contributed by atoms with Crippen molar-refractivity contribution in [2.75, 3.05) is 13.7 Å². The highest BCUT2D eigenvalue weighted by molar-refractivity contribution is 5.88. The summed E-state index contributed by atoms with van der Waals surface area (Å²) in [5, 5.41) is 81.6. The maximum absolute atomic E-state index is 13.1. The molecule has 5 unspecified atom stereocenters. The van der Waals surface area contributed by atoms with Crippen LogP contribution in [0.15, 0.2) is 94.2 Å². The summed E-state index contributed by atoms with van der Waals surface area (Å²) in [6, 6.07) is 15.1. The quantitative estimate of drug-likeness (QED) is 0.0541. The van der Waals surface area contributed by atoms with Gasteiger partial charge in [-0.2, -0.15) is 0 Å². The maximum atomic E-state index is 13.1. The fraction of sp³-hybridized carbons (Fsp3) is 0.175. The average Bonchev–Trinajstić information content (AvgIpc) is 3.17. The zero-order chi connectivity index (χ0) is 41.0. The van der Waals surface area contributed by atoms with Crippen molar-refractivity contribution < 1.29 is 78.5 Å². The normalized spacial score (nSPS) is 19.5. The van der Waals surface area contributed by atoms with E-state index in [9.17, 15) is 55.2 Å². The predicted molar refractivity (Wildman–Crippen MR) is 198 cm³/mol. The van der Waals surface area contributed by atoms with E-state index in [1.807, 2.05) is 0 Å². The molecule has 57 heavy (non-hydrogen) atoms. The van der Waals surface area contributed by atoms with E-state index in [0.717, 1.165) is 30.4 Å². The SMILES string of the molecule is COc1cc(-c2cc(=O)c3c(O)cc(OC4OC(COC(=O)C=Cc5ccc(O)c(O)c5)C(O)C(OC(=O)C=Cc5ccc(O)c(O)c5)C4O)cc3o2)ccc1O. The summed E-state index contributed by atoms with van der Waals surface area (Å²) in [6.07, 6.45) is -4.42. The standard InChI is InChI=1S/C40H34O17/c1-52-31-14-21(6-9-25(31)43)30-17-29(47)36-28(46)15-22(16-32(36)55-30)54-40-38(51)39(57-35(49)11-5-20-3-8-24(42)27(45)13-20)37(50)33(56-40)18-53-34(48)10-4-19-2-7-23(41)26(44)12-19/h2-17,33,37-46,50-51H,18H2,1H3. The molecule has 1 saturated heterocycles. The van der Waals surface area contributed by atoms with Crippen LogP contribution in [0.5, 0.6) is 46.0 Å². The van der Waals surface area contributed by atoms with Gasteiger partial charge in [-0.05, 0) is 65.7 Å². The van der Waals surface area contributed by atoms with Gasteiger partial charge < -0.3 is 69.0 Å². The van der Waals surface area contributed by atoms with E-state index in [4.69, 9.17) is 28.1 Å². The first kappa shape index (κ1) is 39.5.